The molecule has 2 N–H and O–H groups in total. The molecule has 0 aliphatic carbocycles. The Morgan fingerprint density at radius 2 is 2.00 bits per heavy atom. The predicted octanol–water partition coefficient (Wildman–Crippen LogP) is 3.82. The number of pyridine rings is 1. The van der Waals surface area contributed by atoms with Gasteiger partial charge in [-0.1, -0.05) is 27.2 Å². The molecular formula is C19H14BrN5O4. The van der Waals surface area contributed by atoms with Crippen LogP contribution in [0.5, 0.6) is 5.75 Å². The number of hydrogen-bond donors (Lipinski definition) is 2. The highest BCUT2D eigenvalue weighted by molar-refractivity contribution is 9.10. The maximum absolute atomic E-state index is 12.2. The Bertz CT molecular complexity index is 1110. The van der Waals surface area contributed by atoms with Crippen molar-refractivity contribution in [1.29, 1.82) is 0 Å². The molecule has 0 saturated carbocycles. The summed E-state index contributed by atoms with van der Waals surface area (Å²) in [7, 11) is 0. The molecule has 4 rings (SSSR count). The van der Waals surface area contributed by atoms with Crippen LogP contribution >= 0.6 is 15.9 Å². The van der Waals surface area contributed by atoms with Gasteiger partial charge in [-0.3, -0.25) is 15.2 Å². The first-order valence-electron chi connectivity index (χ1n) is 8.45. The monoisotopic (exact) mass is 455 g/mol. The molecule has 9 nitrogen and oxygen atoms in total. The fourth-order valence-electron chi connectivity index (χ4n) is 2.35. The predicted molar refractivity (Wildman–Crippen MR) is 106 cm³/mol. The third-order valence-electron chi connectivity index (χ3n) is 3.71. The van der Waals surface area contributed by atoms with Gasteiger partial charge in [0.1, 0.15) is 18.1 Å². The Labute approximate surface area is 173 Å². The standard InChI is InChI=1S/C19H14BrN5O4/c20-13-2-1-3-14(10-13)27-11-15-4-5-16(28-15)18(26)23-24-19-22-17(25-29-19)12-6-8-21-9-7-12/h1-10H,11H2,(H,23,26)(H,22,24,25). The van der Waals surface area contributed by atoms with Crippen LogP contribution in [0, 0.1) is 0 Å². The maximum atomic E-state index is 12.2. The van der Waals surface area contributed by atoms with Gasteiger partial charge in [-0.05, 0) is 42.5 Å². The van der Waals surface area contributed by atoms with Gasteiger partial charge in [0.05, 0.1) is 0 Å². The van der Waals surface area contributed by atoms with Crippen LogP contribution in [0.4, 0.5) is 6.01 Å². The highest BCUT2D eigenvalue weighted by Gasteiger charge is 2.13. The van der Waals surface area contributed by atoms with E-state index in [-0.39, 0.29) is 18.4 Å². The average molecular weight is 456 g/mol. The van der Waals surface area contributed by atoms with Crippen molar-refractivity contribution in [3.8, 4) is 17.1 Å². The summed E-state index contributed by atoms with van der Waals surface area (Å²) >= 11 is 3.38. The topological polar surface area (TPSA) is 115 Å². The molecule has 0 aliphatic heterocycles. The summed E-state index contributed by atoms with van der Waals surface area (Å²) in [4.78, 5) is 20.3. The molecule has 0 atom stereocenters. The van der Waals surface area contributed by atoms with Gasteiger partial charge in [-0.25, -0.2) is 5.43 Å². The lowest BCUT2D eigenvalue weighted by Gasteiger charge is -2.04. The van der Waals surface area contributed by atoms with E-state index < -0.39 is 5.91 Å². The van der Waals surface area contributed by atoms with Crippen molar-refractivity contribution in [2.24, 2.45) is 0 Å². The molecule has 0 radical (unpaired) electrons. The number of aromatic nitrogens is 3. The molecule has 1 aromatic carbocycles. The number of hydrazine groups is 1. The number of ether oxygens (including phenoxy) is 1. The van der Waals surface area contributed by atoms with Gasteiger partial charge in [-0.2, -0.15) is 4.98 Å². The number of rotatable bonds is 7. The largest absolute Gasteiger partial charge is 0.486 e. The van der Waals surface area contributed by atoms with Crippen LogP contribution in [0.15, 0.2) is 74.3 Å². The molecule has 0 unspecified atom stereocenters. The molecule has 3 aromatic heterocycles. The minimum Gasteiger partial charge on any atom is -0.486 e. The van der Waals surface area contributed by atoms with Gasteiger partial charge in [0.15, 0.2) is 5.76 Å². The van der Waals surface area contributed by atoms with Gasteiger partial charge in [-0.15, -0.1) is 0 Å². The Hall–Kier alpha value is -3.66. The molecular weight excluding hydrogens is 442 g/mol. The Morgan fingerprint density at radius 1 is 1.14 bits per heavy atom. The zero-order valence-corrected chi connectivity index (χ0v) is 16.4. The van der Waals surface area contributed by atoms with Crippen molar-refractivity contribution < 1.29 is 18.5 Å². The third-order valence-corrected chi connectivity index (χ3v) is 4.20. The first-order chi connectivity index (χ1) is 14.2. The number of benzene rings is 1. The summed E-state index contributed by atoms with van der Waals surface area (Å²) in [6.07, 6.45) is 3.24. The van der Waals surface area contributed by atoms with Gasteiger partial charge in [0.2, 0.25) is 5.82 Å². The lowest BCUT2D eigenvalue weighted by Crippen LogP contribution is -2.29. The fourth-order valence-corrected chi connectivity index (χ4v) is 2.73. The van der Waals surface area contributed by atoms with Gasteiger partial charge < -0.3 is 13.7 Å². The van der Waals surface area contributed by atoms with Crippen LogP contribution in [0.25, 0.3) is 11.4 Å². The Morgan fingerprint density at radius 3 is 2.83 bits per heavy atom. The van der Waals surface area contributed by atoms with E-state index in [0.717, 1.165) is 10.0 Å². The van der Waals surface area contributed by atoms with E-state index in [9.17, 15) is 4.79 Å². The van der Waals surface area contributed by atoms with E-state index in [1.165, 1.54) is 0 Å². The molecule has 0 bridgehead atoms. The quantitative estimate of drug-likeness (QED) is 0.404. The summed E-state index contributed by atoms with van der Waals surface area (Å²) in [5, 5.41) is 3.83. The molecule has 29 heavy (non-hydrogen) atoms. The van der Waals surface area contributed by atoms with Crippen LogP contribution < -0.4 is 15.6 Å². The van der Waals surface area contributed by atoms with Crippen molar-refractivity contribution >= 4 is 27.9 Å². The highest BCUT2D eigenvalue weighted by Crippen LogP contribution is 2.20. The smallest absolute Gasteiger partial charge is 0.340 e. The molecule has 0 saturated heterocycles. The lowest BCUT2D eigenvalue weighted by molar-refractivity contribution is 0.0929. The zero-order valence-electron chi connectivity index (χ0n) is 14.8. The minimum atomic E-state index is -0.498. The number of anilines is 1. The third kappa shape index (κ3) is 4.79. The summed E-state index contributed by atoms with van der Waals surface area (Å²) in [6.45, 7) is 0.191. The second-order valence-electron chi connectivity index (χ2n) is 5.75. The lowest BCUT2D eigenvalue weighted by atomic mass is 10.3. The fraction of sp³-hybridized carbons (Fsp3) is 0.0526. The van der Waals surface area contributed by atoms with Crippen LogP contribution in [0.1, 0.15) is 16.3 Å². The summed E-state index contributed by atoms with van der Waals surface area (Å²) in [6, 6.07) is 14.2. The highest BCUT2D eigenvalue weighted by atomic mass is 79.9. The maximum Gasteiger partial charge on any atom is 0.340 e. The average Bonchev–Trinajstić information content (AvgIpc) is 3.41. The minimum absolute atomic E-state index is 0.0370. The number of nitrogens with zero attached hydrogens (tertiary/aromatic N) is 3. The SMILES string of the molecule is O=C(NNc1nc(-c2ccncc2)no1)c1ccc(COc2cccc(Br)c2)o1. The van der Waals surface area contributed by atoms with E-state index in [0.29, 0.717) is 17.3 Å². The molecule has 4 aromatic rings. The second kappa shape index (κ2) is 8.57. The van der Waals surface area contributed by atoms with E-state index in [1.54, 1.807) is 36.7 Å². The molecule has 0 fully saturated rings. The van der Waals surface area contributed by atoms with Crippen LogP contribution in [0.2, 0.25) is 0 Å². The molecule has 1 amide bonds. The number of carbonyl (C=O) groups is 1. The first-order valence-corrected chi connectivity index (χ1v) is 9.24. The van der Waals surface area contributed by atoms with Crippen molar-refractivity contribution in [3.05, 3.63) is 76.9 Å². The number of hydrogen-bond acceptors (Lipinski definition) is 8. The van der Waals surface area contributed by atoms with Gasteiger partial charge in [0.25, 0.3) is 0 Å². The van der Waals surface area contributed by atoms with Crippen molar-refractivity contribution in [2.45, 2.75) is 6.61 Å². The number of halogens is 1. The Kier molecular flexibility index (Phi) is 5.52. The summed E-state index contributed by atoms with van der Waals surface area (Å²) in [5.41, 5.74) is 5.73. The van der Waals surface area contributed by atoms with Crippen LogP contribution in [-0.4, -0.2) is 21.0 Å². The van der Waals surface area contributed by atoms with E-state index in [4.69, 9.17) is 13.7 Å². The van der Waals surface area contributed by atoms with Crippen molar-refractivity contribution in [3.63, 3.8) is 0 Å². The molecule has 146 valence electrons. The number of furan rings is 1. The van der Waals surface area contributed by atoms with Crippen LogP contribution in [0.3, 0.4) is 0 Å². The van der Waals surface area contributed by atoms with Crippen molar-refractivity contribution in [1.82, 2.24) is 20.6 Å². The normalized spacial score (nSPS) is 10.5. The molecule has 0 aliphatic rings. The molecule has 0 spiro atoms. The van der Waals surface area contributed by atoms with Crippen molar-refractivity contribution in [2.75, 3.05) is 5.43 Å². The van der Waals surface area contributed by atoms with E-state index in [2.05, 4.69) is 41.9 Å². The van der Waals surface area contributed by atoms with Gasteiger partial charge in [0, 0.05) is 22.4 Å². The summed E-state index contributed by atoms with van der Waals surface area (Å²) < 4.78 is 17.1. The number of amides is 1. The van der Waals surface area contributed by atoms with Crippen LogP contribution in [-0.2, 0) is 6.61 Å². The first kappa shape index (κ1) is 18.7. The zero-order chi connectivity index (χ0) is 20.1. The number of carbonyl (C=O) groups excluding carboxylic acids is 1. The molecule has 10 heteroatoms. The Balaban J connectivity index is 1.31. The van der Waals surface area contributed by atoms with Gasteiger partial charge >= 0.3 is 11.9 Å². The second-order valence-corrected chi connectivity index (χ2v) is 6.67. The summed E-state index contributed by atoms with van der Waals surface area (Å²) in [5.74, 6) is 1.17. The molecule has 3 heterocycles. The van der Waals surface area contributed by atoms with E-state index in [1.807, 2.05) is 24.3 Å². The number of nitrogens with one attached hydrogen (secondary N) is 2. The van der Waals surface area contributed by atoms with E-state index >= 15 is 0 Å².